The van der Waals surface area contributed by atoms with Crippen LogP contribution >= 0.6 is 0 Å². The summed E-state index contributed by atoms with van der Waals surface area (Å²) in [4.78, 5) is 32.1. The SMILES string of the molecule is CC.COC(=O)c1ccc(NC(CN2CCN(C(=O)OC(C)(C)C)CC2)c2ccc(C)c(F)c2)cn1. The molecule has 36 heavy (non-hydrogen) atoms. The van der Waals surface area contributed by atoms with Gasteiger partial charge in [0, 0.05) is 32.7 Å². The van der Waals surface area contributed by atoms with E-state index in [2.05, 4.69) is 15.2 Å². The van der Waals surface area contributed by atoms with Gasteiger partial charge in [-0.15, -0.1) is 0 Å². The first kappa shape index (κ1) is 29.0. The van der Waals surface area contributed by atoms with Crippen LogP contribution in [0.3, 0.4) is 0 Å². The fourth-order valence-electron chi connectivity index (χ4n) is 3.66. The Kier molecular flexibility index (Phi) is 10.6. The van der Waals surface area contributed by atoms with Crippen LogP contribution < -0.4 is 5.32 Å². The van der Waals surface area contributed by atoms with E-state index in [1.807, 2.05) is 40.7 Å². The molecular formula is C27H39FN4O4. The van der Waals surface area contributed by atoms with E-state index in [0.29, 0.717) is 44.0 Å². The molecule has 198 valence electrons. The molecule has 3 rings (SSSR count). The van der Waals surface area contributed by atoms with Gasteiger partial charge in [0.1, 0.15) is 17.1 Å². The lowest BCUT2D eigenvalue weighted by Gasteiger charge is -2.37. The molecule has 0 saturated carbocycles. The number of hydrogen-bond acceptors (Lipinski definition) is 7. The number of methoxy groups -OCH3 is 1. The lowest BCUT2D eigenvalue weighted by molar-refractivity contribution is 0.0142. The highest BCUT2D eigenvalue weighted by Gasteiger charge is 2.27. The van der Waals surface area contributed by atoms with Crippen molar-refractivity contribution in [1.82, 2.24) is 14.8 Å². The molecule has 1 atom stereocenters. The van der Waals surface area contributed by atoms with Crippen molar-refractivity contribution in [2.75, 3.05) is 45.2 Å². The predicted molar refractivity (Wildman–Crippen MR) is 139 cm³/mol. The van der Waals surface area contributed by atoms with E-state index in [9.17, 15) is 14.0 Å². The molecule has 0 radical (unpaired) electrons. The summed E-state index contributed by atoms with van der Waals surface area (Å²) >= 11 is 0. The first-order valence-corrected chi connectivity index (χ1v) is 12.3. The quantitative estimate of drug-likeness (QED) is 0.554. The van der Waals surface area contributed by atoms with E-state index in [1.165, 1.54) is 7.11 Å². The summed E-state index contributed by atoms with van der Waals surface area (Å²) in [6.45, 7) is 14.3. The number of carbonyl (C=O) groups excluding carboxylic acids is 2. The maximum absolute atomic E-state index is 14.3. The van der Waals surface area contributed by atoms with Crippen LogP contribution in [-0.2, 0) is 9.47 Å². The van der Waals surface area contributed by atoms with E-state index in [4.69, 9.17) is 9.47 Å². The maximum atomic E-state index is 14.3. The summed E-state index contributed by atoms with van der Waals surface area (Å²) in [6, 6.07) is 8.31. The second kappa shape index (κ2) is 13.2. The third-order valence-electron chi connectivity index (χ3n) is 5.56. The van der Waals surface area contributed by atoms with Crippen molar-refractivity contribution in [2.24, 2.45) is 0 Å². The van der Waals surface area contributed by atoms with Crippen molar-refractivity contribution in [3.05, 3.63) is 59.2 Å². The Balaban J connectivity index is 0.00000222. The minimum absolute atomic E-state index is 0.212. The van der Waals surface area contributed by atoms with Gasteiger partial charge in [-0.05, 0) is 57.0 Å². The zero-order chi connectivity index (χ0) is 26.9. The average molecular weight is 503 g/mol. The molecule has 1 N–H and O–H groups in total. The number of pyridine rings is 1. The van der Waals surface area contributed by atoms with Crippen LogP contribution in [0.15, 0.2) is 36.5 Å². The zero-order valence-corrected chi connectivity index (χ0v) is 22.4. The summed E-state index contributed by atoms with van der Waals surface area (Å²) in [6.07, 6.45) is 1.25. The van der Waals surface area contributed by atoms with E-state index in [1.54, 1.807) is 42.3 Å². The molecule has 0 bridgehead atoms. The number of halogens is 1. The van der Waals surface area contributed by atoms with E-state index < -0.39 is 11.6 Å². The molecular weight excluding hydrogens is 463 g/mol. The Morgan fingerprint density at radius 1 is 1.11 bits per heavy atom. The Bertz CT molecular complexity index is 1000. The monoisotopic (exact) mass is 502 g/mol. The number of piperazine rings is 1. The second-order valence-electron chi connectivity index (χ2n) is 9.40. The fraction of sp³-hybridized carbons (Fsp3) is 0.519. The molecule has 1 amide bonds. The summed E-state index contributed by atoms with van der Waals surface area (Å²) in [5.74, 6) is -0.773. The van der Waals surface area contributed by atoms with Crippen LogP contribution in [0.1, 0.15) is 62.3 Å². The van der Waals surface area contributed by atoms with Gasteiger partial charge >= 0.3 is 12.1 Å². The summed E-state index contributed by atoms with van der Waals surface area (Å²) < 4.78 is 24.5. The molecule has 1 unspecified atom stereocenters. The first-order valence-electron chi connectivity index (χ1n) is 12.3. The summed E-state index contributed by atoms with van der Waals surface area (Å²) in [5, 5.41) is 3.41. The number of esters is 1. The minimum atomic E-state index is -0.532. The molecule has 9 heteroatoms. The highest BCUT2D eigenvalue weighted by atomic mass is 19.1. The highest BCUT2D eigenvalue weighted by Crippen LogP contribution is 2.24. The Morgan fingerprint density at radius 3 is 2.31 bits per heavy atom. The second-order valence-corrected chi connectivity index (χ2v) is 9.40. The number of nitrogens with zero attached hydrogens (tertiary/aromatic N) is 3. The Labute approximate surface area is 213 Å². The number of amides is 1. The highest BCUT2D eigenvalue weighted by molar-refractivity contribution is 5.87. The van der Waals surface area contributed by atoms with Crippen molar-refractivity contribution in [3.63, 3.8) is 0 Å². The standard InChI is InChI=1S/C25H33FN4O4.C2H6/c1-17-6-7-18(14-20(17)26)22(28-19-8-9-21(27-15-19)23(31)33-5)16-29-10-12-30(13-11-29)24(32)34-25(2,3)4;1-2/h6-9,14-15,22,28H,10-13,16H2,1-5H3;1-2H3. The van der Waals surface area contributed by atoms with Crippen molar-refractivity contribution < 1.29 is 23.5 Å². The zero-order valence-electron chi connectivity index (χ0n) is 22.4. The van der Waals surface area contributed by atoms with Crippen LogP contribution in [0.4, 0.5) is 14.9 Å². The first-order chi connectivity index (χ1) is 17.1. The van der Waals surface area contributed by atoms with E-state index >= 15 is 0 Å². The van der Waals surface area contributed by atoms with Crippen LogP contribution in [0.25, 0.3) is 0 Å². The lowest BCUT2D eigenvalue weighted by Crippen LogP contribution is -2.51. The van der Waals surface area contributed by atoms with Crippen molar-refractivity contribution in [2.45, 2.75) is 53.2 Å². The van der Waals surface area contributed by atoms with Gasteiger partial charge < -0.3 is 19.7 Å². The number of rotatable bonds is 6. The fourth-order valence-corrected chi connectivity index (χ4v) is 3.66. The number of benzene rings is 1. The lowest BCUT2D eigenvalue weighted by atomic mass is 10.0. The number of aryl methyl sites for hydroxylation is 1. The molecule has 1 aliphatic rings. The third-order valence-corrected chi connectivity index (χ3v) is 5.56. The number of hydrogen-bond donors (Lipinski definition) is 1. The molecule has 0 spiro atoms. The topological polar surface area (TPSA) is 84.0 Å². The predicted octanol–water partition coefficient (Wildman–Crippen LogP) is 5.05. The number of aromatic nitrogens is 1. The Hall–Kier alpha value is -3.20. The molecule has 2 heterocycles. The van der Waals surface area contributed by atoms with Gasteiger partial charge in [-0.25, -0.2) is 19.0 Å². The molecule has 1 saturated heterocycles. The molecule has 1 fully saturated rings. The van der Waals surface area contributed by atoms with Gasteiger partial charge in [-0.3, -0.25) is 4.90 Å². The molecule has 1 aromatic heterocycles. The van der Waals surface area contributed by atoms with Gasteiger partial charge in [0.05, 0.1) is 25.0 Å². The number of nitrogens with one attached hydrogen (secondary N) is 1. The molecule has 8 nitrogen and oxygen atoms in total. The largest absolute Gasteiger partial charge is 0.464 e. The minimum Gasteiger partial charge on any atom is -0.464 e. The van der Waals surface area contributed by atoms with Gasteiger partial charge in [0.15, 0.2) is 0 Å². The molecule has 1 aromatic carbocycles. The van der Waals surface area contributed by atoms with Crippen LogP contribution in [0, 0.1) is 12.7 Å². The van der Waals surface area contributed by atoms with Crippen LogP contribution in [-0.4, -0.2) is 72.3 Å². The van der Waals surface area contributed by atoms with Crippen molar-refractivity contribution in [3.8, 4) is 0 Å². The number of carbonyl (C=O) groups is 2. The van der Waals surface area contributed by atoms with Crippen LogP contribution in [0.5, 0.6) is 0 Å². The normalized spacial score (nSPS) is 14.8. The van der Waals surface area contributed by atoms with E-state index in [-0.39, 0.29) is 23.6 Å². The van der Waals surface area contributed by atoms with Gasteiger partial charge in [0.2, 0.25) is 0 Å². The van der Waals surface area contributed by atoms with Gasteiger partial charge in [0.25, 0.3) is 0 Å². The maximum Gasteiger partial charge on any atom is 0.410 e. The average Bonchev–Trinajstić information content (AvgIpc) is 2.86. The molecule has 2 aromatic rings. The van der Waals surface area contributed by atoms with Crippen molar-refractivity contribution in [1.29, 1.82) is 0 Å². The number of anilines is 1. The molecule has 0 aliphatic carbocycles. The van der Waals surface area contributed by atoms with Crippen molar-refractivity contribution >= 4 is 17.7 Å². The van der Waals surface area contributed by atoms with Gasteiger partial charge in [-0.1, -0.05) is 26.0 Å². The Morgan fingerprint density at radius 2 is 1.78 bits per heavy atom. The smallest absolute Gasteiger partial charge is 0.410 e. The van der Waals surface area contributed by atoms with Gasteiger partial charge in [-0.2, -0.15) is 0 Å². The van der Waals surface area contributed by atoms with Crippen LogP contribution in [0.2, 0.25) is 0 Å². The summed E-state index contributed by atoms with van der Waals surface area (Å²) in [5.41, 5.74) is 1.76. The third kappa shape index (κ3) is 8.48. The number of ether oxygens (including phenoxy) is 2. The molecule has 1 aliphatic heterocycles. The summed E-state index contributed by atoms with van der Waals surface area (Å²) in [7, 11) is 1.31. The van der Waals surface area contributed by atoms with E-state index in [0.717, 1.165) is 5.56 Å².